The fourth-order valence-electron chi connectivity index (χ4n) is 3.10. The van der Waals surface area contributed by atoms with Gasteiger partial charge in [-0.05, 0) is 20.4 Å². The van der Waals surface area contributed by atoms with Crippen LogP contribution < -0.4 is 21.3 Å². The first-order valence-corrected chi connectivity index (χ1v) is 10.9. The van der Waals surface area contributed by atoms with Gasteiger partial charge in [-0.25, -0.2) is 9.18 Å². The molecular weight excluding hydrogens is 395 g/mol. The molecular formula is C16H27FN4O4S2. The minimum Gasteiger partial charge on any atom is -0.450 e. The van der Waals surface area contributed by atoms with Gasteiger partial charge in [0.05, 0.1) is 23.3 Å². The number of imide groups is 1. The number of halogens is 1. The average Bonchev–Trinajstić information content (AvgIpc) is 3.18. The highest BCUT2D eigenvalue weighted by atomic mass is 32.2. The van der Waals surface area contributed by atoms with Crippen molar-refractivity contribution in [3.8, 4) is 0 Å². The van der Waals surface area contributed by atoms with E-state index in [9.17, 15) is 18.8 Å². The van der Waals surface area contributed by atoms with Crippen LogP contribution in [0.15, 0.2) is 0 Å². The molecule has 3 amide bonds. The van der Waals surface area contributed by atoms with Crippen molar-refractivity contribution < 1.29 is 23.5 Å². The van der Waals surface area contributed by atoms with E-state index >= 15 is 0 Å². The number of carbonyl (C=O) groups is 3. The van der Waals surface area contributed by atoms with E-state index in [1.165, 1.54) is 11.8 Å². The molecule has 11 heteroatoms. The van der Waals surface area contributed by atoms with Crippen molar-refractivity contribution in [1.82, 2.24) is 21.3 Å². The predicted octanol–water partition coefficient (Wildman–Crippen LogP) is 1.13. The molecule has 0 bridgehead atoms. The first-order valence-electron chi connectivity index (χ1n) is 9.05. The number of hydrogen-bond donors (Lipinski definition) is 4. The number of rotatable bonds is 7. The van der Waals surface area contributed by atoms with Crippen molar-refractivity contribution in [1.29, 1.82) is 0 Å². The Morgan fingerprint density at radius 1 is 1.19 bits per heavy atom. The monoisotopic (exact) mass is 422 g/mol. The van der Waals surface area contributed by atoms with Crippen LogP contribution in [0.1, 0.15) is 33.1 Å². The minimum atomic E-state index is -1.28. The molecule has 2 aliphatic heterocycles. The molecule has 0 spiro atoms. The third kappa shape index (κ3) is 5.97. The molecule has 0 aliphatic carbocycles. The third-order valence-electron chi connectivity index (χ3n) is 4.36. The lowest BCUT2D eigenvalue weighted by Gasteiger charge is -2.21. The maximum atomic E-state index is 13.9. The molecule has 2 rings (SSSR count). The normalized spacial score (nSPS) is 32.9. The quantitative estimate of drug-likeness (QED) is 0.484. The first-order chi connectivity index (χ1) is 12.9. The van der Waals surface area contributed by atoms with Crippen LogP contribution in [-0.4, -0.2) is 59.2 Å². The molecule has 2 heterocycles. The molecule has 8 nitrogen and oxygen atoms in total. The Balaban J connectivity index is 1.94. The van der Waals surface area contributed by atoms with Crippen molar-refractivity contribution in [2.75, 3.05) is 13.7 Å². The number of likely N-dealkylation sites (N-methyl/N-ethyl adjacent to an activating group) is 1. The highest BCUT2D eigenvalue weighted by Gasteiger charge is 2.43. The molecule has 0 aromatic heterocycles. The second-order valence-corrected chi connectivity index (χ2v) is 8.86. The van der Waals surface area contributed by atoms with Gasteiger partial charge >= 0.3 is 6.09 Å². The van der Waals surface area contributed by atoms with Gasteiger partial charge < -0.3 is 15.4 Å². The summed E-state index contributed by atoms with van der Waals surface area (Å²) in [5.41, 5.74) is -1.28. The maximum Gasteiger partial charge on any atom is 0.413 e. The number of thioether (sulfide) groups is 2. The third-order valence-corrected chi connectivity index (χ3v) is 7.06. The Morgan fingerprint density at radius 3 is 2.56 bits per heavy atom. The van der Waals surface area contributed by atoms with Crippen LogP contribution in [0.3, 0.4) is 0 Å². The molecule has 0 aromatic rings. The zero-order chi connectivity index (χ0) is 20.0. The van der Waals surface area contributed by atoms with Gasteiger partial charge in [0, 0.05) is 12.5 Å². The molecule has 154 valence electrons. The van der Waals surface area contributed by atoms with Crippen molar-refractivity contribution in [2.24, 2.45) is 5.92 Å². The summed E-state index contributed by atoms with van der Waals surface area (Å²) in [6.45, 7) is 3.82. The van der Waals surface area contributed by atoms with E-state index in [1.54, 1.807) is 6.92 Å². The van der Waals surface area contributed by atoms with Gasteiger partial charge in [0.15, 0.2) is 0 Å². The summed E-state index contributed by atoms with van der Waals surface area (Å²) in [7, 11) is 1.85. The SMILES string of the molecule is CCCC1NC(C(=O)NC2SC(F)CC2C(=O)NC(=O)OCC)SC1NC. The van der Waals surface area contributed by atoms with Gasteiger partial charge in [-0.2, -0.15) is 0 Å². The summed E-state index contributed by atoms with van der Waals surface area (Å²) in [6, 6.07) is 0.161. The molecule has 2 saturated heterocycles. The van der Waals surface area contributed by atoms with Gasteiger partial charge in [0.25, 0.3) is 0 Å². The Bertz CT molecular complexity index is 557. The van der Waals surface area contributed by atoms with Crippen LogP contribution in [0.25, 0.3) is 0 Å². The Morgan fingerprint density at radius 2 is 1.93 bits per heavy atom. The number of ether oxygens (including phenoxy) is 1. The summed E-state index contributed by atoms with van der Waals surface area (Å²) in [5, 5.41) is 10.2. The van der Waals surface area contributed by atoms with E-state index in [1.807, 2.05) is 7.05 Å². The second kappa shape index (κ2) is 10.5. The molecule has 4 N–H and O–H groups in total. The second-order valence-electron chi connectivity index (χ2n) is 6.31. The van der Waals surface area contributed by atoms with Gasteiger partial charge in [-0.1, -0.05) is 25.1 Å². The lowest BCUT2D eigenvalue weighted by atomic mass is 10.1. The van der Waals surface area contributed by atoms with Crippen LogP contribution in [-0.2, 0) is 14.3 Å². The molecule has 6 atom stereocenters. The minimum absolute atomic E-state index is 0.0658. The van der Waals surface area contributed by atoms with Crippen LogP contribution in [0, 0.1) is 5.92 Å². The molecule has 27 heavy (non-hydrogen) atoms. The lowest BCUT2D eigenvalue weighted by Crippen LogP contribution is -2.49. The lowest BCUT2D eigenvalue weighted by molar-refractivity contribution is -0.125. The standard InChI is InChI=1S/C16H27FN4O4S2/c1-4-6-9-14(18-3)27-15(19-9)12(23)20-13-8(7-10(17)26-13)11(22)21-16(24)25-5-2/h8-10,13-15,18-19H,4-7H2,1-3H3,(H,20,23)(H,21,22,24). The molecule has 0 saturated carbocycles. The Hall–Kier alpha value is -1.04. The van der Waals surface area contributed by atoms with Crippen LogP contribution >= 0.6 is 23.5 Å². The van der Waals surface area contributed by atoms with Gasteiger partial charge in [-0.15, -0.1) is 11.8 Å². The number of hydrogen-bond acceptors (Lipinski definition) is 8. The summed E-state index contributed by atoms with van der Waals surface area (Å²) >= 11 is 2.35. The van der Waals surface area contributed by atoms with Crippen LogP contribution in [0.5, 0.6) is 0 Å². The average molecular weight is 423 g/mol. The number of carbonyl (C=O) groups excluding carboxylic acids is 3. The van der Waals surface area contributed by atoms with Gasteiger partial charge in [0.2, 0.25) is 11.8 Å². The molecule has 2 fully saturated rings. The Labute approximate surface area is 166 Å². The first kappa shape index (κ1) is 22.3. The summed E-state index contributed by atoms with van der Waals surface area (Å²) < 4.78 is 18.5. The van der Waals surface area contributed by atoms with Crippen molar-refractivity contribution >= 4 is 41.4 Å². The van der Waals surface area contributed by atoms with E-state index in [0.717, 1.165) is 24.6 Å². The molecule has 2 aliphatic rings. The van der Waals surface area contributed by atoms with E-state index in [4.69, 9.17) is 0 Å². The summed E-state index contributed by atoms with van der Waals surface area (Å²) in [5.74, 6) is -1.77. The van der Waals surface area contributed by atoms with E-state index < -0.39 is 34.2 Å². The van der Waals surface area contributed by atoms with E-state index in [0.29, 0.717) is 0 Å². The Kier molecular flexibility index (Phi) is 8.64. The fourth-order valence-corrected chi connectivity index (χ4v) is 5.63. The number of alkyl halides is 1. The summed E-state index contributed by atoms with van der Waals surface area (Å²) in [6.07, 6.45) is 0.983. The van der Waals surface area contributed by atoms with Crippen LogP contribution in [0.4, 0.5) is 9.18 Å². The van der Waals surface area contributed by atoms with E-state index in [2.05, 4.69) is 32.9 Å². The highest BCUT2D eigenvalue weighted by molar-refractivity contribution is 8.01. The van der Waals surface area contributed by atoms with Gasteiger partial charge in [0.1, 0.15) is 10.9 Å². The number of alkyl carbamates (subject to hydrolysis) is 1. The van der Waals surface area contributed by atoms with Crippen molar-refractivity contribution in [3.63, 3.8) is 0 Å². The maximum absolute atomic E-state index is 13.9. The van der Waals surface area contributed by atoms with Crippen LogP contribution in [0.2, 0.25) is 0 Å². The smallest absolute Gasteiger partial charge is 0.413 e. The topological polar surface area (TPSA) is 109 Å². The zero-order valence-corrected chi connectivity index (χ0v) is 17.3. The highest BCUT2D eigenvalue weighted by Crippen LogP contribution is 2.38. The zero-order valence-electron chi connectivity index (χ0n) is 15.6. The molecule has 6 unspecified atom stereocenters. The fraction of sp³-hybridized carbons (Fsp3) is 0.812. The van der Waals surface area contributed by atoms with E-state index in [-0.39, 0.29) is 30.4 Å². The van der Waals surface area contributed by atoms with Crippen molar-refractivity contribution in [2.45, 2.75) is 60.8 Å². The predicted molar refractivity (Wildman–Crippen MR) is 104 cm³/mol. The molecule has 0 aromatic carbocycles. The largest absolute Gasteiger partial charge is 0.450 e. The number of nitrogens with one attached hydrogen (secondary N) is 4. The number of amides is 3. The van der Waals surface area contributed by atoms with Crippen molar-refractivity contribution in [3.05, 3.63) is 0 Å². The molecule has 0 radical (unpaired) electrons. The van der Waals surface area contributed by atoms with Gasteiger partial charge in [-0.3, -0.25) is 20.2 Å². The summed E-state index contributed by atoms with van der Waals surface area (Å²) in [4.78, 5) is 36.3.